The van der Waals surface area contributed by atoms with Crippen LogP contribution in [0.4, 0.5) is 5.69 Å². The van der Waals surface area contributed by atoms with Crippen LogP contribution in [0, 0.1) is 12.3 Å². The molecule has 2 N–H and O–H groups in total. The van der Waals surface area contributed by atoms with Crippen molar-refractivity contribution in [1.82, 2.24) is 0 Å². The van der Waals surface area contributed by atoms with Crippen molar-refractivity contribution in [3.05, 3.63) is 23.8 Å². The summed E-state index contributed by atoms with van der Waals surface area (Å²) in [5.41, 5.74) is 0.771. The fraction of sp³-hybridized carbons (Fsp3) is 0.529. The molecule has 1 saturated carbocycles. The van der Waals surface area contributed by atoms with Gasteiger partial charge >= 0.3 is 5.97 Å². The molecule has 0 aromatic heterocycles. The largest absolute Gasteiger partial charge is 0.491 e. The SMILES string of the molecule is CCCOc1cc(C)ccc1NC(=O)CC1(C(=O)O)CCC1. The molecule has 0 radical (unpaired) electrons. The predicted octanol–water partition coefficient (Wildman–Crippen LogP) is 3.37. The summed E-state index contributed by atoms with van der Waals surface area (Å²) in [5.74, 6) is -0.513. The van der Waals surface area contributed by atoms with Gasteiger partial charge in [0.2, 0.25) is 5.91 Å². The number of nitrogens with one attached hydrogen (secondary N) is 1. The van der Waals surface area contributed by atoms with Gasteiger partial charge in [-0.3, -0.25) is 9.59 Å². The molecule has 1 aliphatic carbocycles. The molecular weight excluding hydrogens is 282 g/mol. The zero-order valence-corrected chi connectivity index (χ0v) is 13.1. The summed E-state index contributed by atoms with van der Waals surface area (Å²) >= 11 is 0. The second-order valence-electron chi connectivity index (χ2n) is 6.01. The van der Waals surface area contributed by atoms with Crippen molar-refractivity contribution >= 4 is 17.6 Å². The maximum atomic E-state index is 12.2. The number of anilines is 1. The first-order valence-corrected chi connectivity index (χ1v) is 7.73. The fourth-order valence-electron chi connectivity index (χ4n) is 2.64. The molecule has 0 heterocycles. The van der Waals surface area contributed by atoms with Crippen LogP contribution < -0.4 is 10.1 Å². The van der Waals surface area contributed by atoms with Crippen LogP contribution in [-0.2, 0) is 9.59 Å². The normalized spacial score (nSPS) is 15.7. The highest BCUT2D eigenvalue weighted by Crippen LogP contribution is 2.44. The van der Waals surface area contributed by atoms with Crippen molar-refractivity contribution in [2.75, 3.05) is 11.9 Å². The van der Waals surface area contributed by atoms with Crippen LogP contribution in [0.15, 0.2) is 18.2 Å². The van der Waals surface area contributed by atoms with Gasteiger partial charge in [0.15, 0.2) is 0 Å². The van der Waals surface area contributed by atoms with Crippen molar-refractivity contribution in [3.8, 4) is 5.75 Å². The molecule has 22 heavy (non-hydrogen) atoms. The Balaban J connectivity index is 2.06. The molecule has 0 spiro atoms. The minimum atomic E-state index is -0.876. The summed E-state index contributed by atoms with van der Waals surface area (Å²) < 4.78 is 5.65. The van der Waals surface area contributed by atoms with E-state index < -0.39 is 11.4 Å². The summed E-state index contributed by atoms with van der Waals surface area (Å²) in [4.78, 5) is 23.5. The van der Waals surface area contributed by atoms with E-state index in [4.69, 9.17) is 4.74 Å². The monoisotopic (exact) mass is 305 g/mol. The molecule has 5 heteroatoms. The summed E-state index contributed by atoms with van der Waals surface area (Å²) in [6, 6.07) is 5.57. The number of rotatable bonds is 7. The van der Waals surface area contributed by atoms with E-state index >= 15 is 0 Å². The molecule has 0 bridgehead atoms. The average Bonchev–Trinajstić information content (AvgIpc) is 2.42. The van der Waals surface area contributed by atoms with Crippen molar-refractivity contribution < 1.29 is 19.4 Å². The predicted molar refractivity (Wildman–Crippen MR) is 84.1 cm³/mol. The molecule has 120 valence electrons. The fourth-order valence-corrected chi connectivity index (χ4v) is 2.64. The van der Waals surface area contributed by atoms with E-state index in [0.717, 1.165) is 18.4 Å². The van der Waals surface area contributed by atoms with Crippen LogP contribution in [-0.4, -0.2) is 23.6 Å². The first-order chi connectivity index (χ1) is 10.5. The number of carboxylic acids is 1. The molecule has 1 fully saturated rings. The second kappa shape index (κ2) is 6.81. The molecule has 0 aliphatic heterocycles. The average molecular weight is 305 g/mol. The number of ether oxygens (including phenoxy) is 1. The van der Waals surface area contributed by atoms with E-state index in [1.54, 1.807) is 6.07 Å². The van der Waals surface area contributed by atoms with E-state index in [0.29, 0.717) is 30.9 Å². The Morgan fingerprint density at radius 1 is 1.36 bits per heavy atom. The number of hydrogen-bond donors (Lipinski definition) is 2. The highest BCUT2D eigenvalue weighted by Gasteiger charge is 2.45. The molecular formula is C17H23NO4. The van der Waals surface area contributed by atoms with E-state index in [2.05, 4.69) is 5.32 Å². The minimum absolute atomic E-state index is 0.0173. The highest BCUT2D eigenvalue weighted by molar-refractivity contribution is 5.95. The van der Waals surface area contributed by atoms with Crippen LogP contribution in [0.25, 0.3) is 0 Å². The highest BCUT2D eigenvalue weighted by atomic mass is 16.5. The maximum Gasteiger partial charge on any atom is 0.310 e. The molecule has 1 amide bonds. The third-order valence-corrected chi connectivity index (χ3v) is 4.14. The van der Waals surface area contributed by atoms with Crippen LogP contribution >= 0.6 is 0 Å². The number of amides is 1. The number of carbonyl (C=O) groups excluding carboxylic acids is 1. The first-order valence-electron chi connectivity index (χ1n) is 7.73. The molecule has 0 atom stereocenters. The zero-order valence-electron chi connectivity index (χ0n) is 13.1. The first kappa shape index (κ1) is 16.3. The van der Waals surface area contributed by atoms with Gasteiger partial charge in [-0.2, -0.15) is 0 Å². The van der Waals surface area contributed by atoms with E-state index in [-0.39, 0.29) is 12.3 Å². The van der Waals surface area contributed by atoms with Gasteiger partial charge in [-0.05, 0) is 43.9 Å². The van der Waals surface area contributed by atoms with Crippen LogP contribution in [0.2, 0.25) is 0 Å². The summed E-state index contributed by atoms with van der Waals surface area (Å²) in [5, 5.41) is 12.1. The lowest BCUT2D eigenvalue weighted by atomic mass is 9.66. The van der Waals surface area contributed by atoms with Gasteiger partial charge in [-0.25, -0.2) is 0 Å². The number of aryl methyl sites for hydroxylation is 1. The lowest BCUT2D eigenvalue weighted by Crippen LogP contribution is -2.41. The molecule has 1 aliphatic rings. The van der Waals surface area contributed by atoms with Crippen molar-refractivity contribution in [2.45, 2.75) is 46.0 Å². The van der Waals surface area contributed by atoms with Crippen molar-refractivity contribution in [2.24, 2.45) is 5.41 Å². The third kappa shape index (κ3) is 3.59. The summed E-state index contributed by atoms with van der Waals surface area (Å²) in [6.45, 7) is 4.55. The smallest absolute Gasteiger partial charge is 0.310 e. The molecule has 2 rings (SSSR count). The van der Waals surface area contributed by atoms with Crippen LogP contribution in [0.5, 0.6) is 5.75 Å². The molecule has 0 unspecified atom stereocenters. The topological polar surface area (TPSA) is 75.6 Å². The van der Waals surface area contributed by atoms with E-state index in [1.807, 2.05) is 26.0 Å². The standard InChI is InChI=1S/C17H23NO4/c1-3-9-22-14-10-12(2)5-6-13(14)18-15(19)11-17(16(20)21)7-4-8-17/h5-6,10H,3-4,7-9,11H2,1-2H3,(H,18,19)(H,20,21). The zero-order chi connectivity index (χ0) is 16.2. The Morgan fingerprint density at radius 2 is 2.09 bits per heavy atom. The van der Waals surface area contributed by atoms with E-state index in [1.165, 1.54) is 0 Å². The number of hydrogen-bond acceptors (Lipinski definition) is 3. The lowest BCUT2D eigenvalue weighted by Gasteiger charge is -2.36. The van der Waals surface area contributed by atoms with Gasteiger partial charge in [0, 0.05) is 6.42 Å². The number of carbonyl (C=O) groups is 2. The van der Waals surface area contributed by atoms with Gasteiger partial charge in [-0.1, -0.05) is 19.4 Å². The Kier molecular flexibility index (Phi) is 5.06. The number of benzene rings is 1. The van der Waals surface area contributed by atoms with Crippen molar-refractivity contribution in [1.29, 1.82) is 0 Å². The quantitative estimate of drug-likeness (QED) is 0.810. The maximum absolute atomic E-state index is 12.2. The third-order valence-electron chi connectivity index (χ3n) is 4.14. The molecule has 1 aromatic rings. The minimum Gasteiger partial charge on any atom is -0.491 e. The summed E-state index contributed by atoms with van der Waals surface area (Å²) in [6.07, 6.45) is 2.91. The lowest BCUT2D eigenvalue weighted by molar-refractivity contribution is -0.157. The van der Waals surface area contributed by atoms with E-state index in [9.17, 15) is 14.7 Å². The second-order valence-corrected chi connectivity index (χ2v) is 6.01. The Labute approximate surface area is 130 Å². The Morgan fingerprint density at radius 3 is 2.64 bits per heavy atom. The van der Waals surface area contributed by atoms with Crippen LogP contribution in [0.1, 0.15) is 44.6 Å². The van der Waals surface area contributed by atoms with Crippen LogP contribution in [0.3, 0.4) is 0 Å². The number of carboxylic acid groups (broad SMARTS) is 1. The number of aliphatic carboxylic acids is 1. The van der Waals surface area contributed by atoms with Gasteiger partial charge < -0.3 is 15.2 Å². The molecule has 1 aromatic carbocycles. The van der Waals surface area contributed by atoms with Gasteiger partial charge in [0.1, 0.15) is 5.75 Å². The Hall–Kier alpha value is -2.04. The molecule has 5 nitrogen and oxygen atoms in total. The van der Waals surface area contributed by atoms with Gasteiger partial charge in [-0.15, -0.1) is 0 Å². The van der Waals surface area contributed by atoms with Gasteiger partial charge in [0.05, 0.1) is 17.7 Å². The Bertz CT molecular complexity index is 564. The molecule has 0 saturated heterocycles. The summed E-state index contributed by atoms with van der Waals surface area (Å²) in [7, 11) is 0. The van der Waals surface area contributed by atoms with Crippen molar-refractivity contribution in [3.63, 3.8) is 0 Å². The van der Waals surface area contributed by atoms with Gasteiger partial charge in [0.25, 0.3) is 0 Å².